The zero-order valence-corrected chi connectivity index (χ0v) is 10.00. The lowest BCUT2D eigenvalue weighted by atomic mass is 9.97. The first kappa shape index (κ1) is 11.9. The summed E-state index contributed by atoms with van der Waals surface area (Å²) in [6.45, 7) is 4.57. The molecule has 1 amide bonds. The summed E-state index contributed by atoms with van der Waals surface area (Å²) in [5.41, 5.74) is 0. The molecule has 2 saturated heterocycles. The van der Waals surface area contributed by atoms with Crippen LogP contribution in [0.4, 0.5) is 0 Å². The summed E-state index contributed by atoms with van der Waals surface area (Å²) >= 11 is 0. The van der Waals surface area contributed by atoms with Crippen molar-refractivity contribution in [3.05, 3.63) is 0 Å². The molecule has 16 heavy (non-hydrogen) atoms. The Morgan fingerprint density at radius 1 is 1.25 bits per heavy atom. The van der Waals surface area contributed by atoms with E-state index in [1.165, 1.54) is 0 Å². The molecule has 0 spiro atoms. The van der Waals surface area contributed by atoms with Crippen molar-refractivity contribution in [1.29, 1.82) is 0 Å². The third kappa shape index (κ3) is 3.19. The predicted octanol–water partition coefficient (Wildman–Crippen LogP) is 0.670. The Bertz CT molecular complexity index is 231. The molecule has 0 radical (unpaired) electrons. The average molecular weight is 226 g/mol. The van der Waals surface area contributed by atoms with E-state index in [1.807, 2.05) is 0 Å². The van der Waals surface area contributed by atoms with E-state index in [0.717, 1.165) is 45.4 Å². The Kier molecular flexibility index (Phi) is 4.18. The van der Waals surface area contributed by atoms with Gasteiger partial charge in [0.1, 0.15) is 0 Å². The number of amides is 1. The van der Waals surface area contributed by atoms with Crippen LogP contribution < -0.4 is 10.6 Å². The minimum absolute atomic E-state index is 0.174. The van der Waals surface area contributed by atoms with E-state index in [2.05, 4.69) is 17.6 Å². The maximum absolute atomic E-state index is 12.0. The molecule has 2 fully saturated rings. The lowest BCUT2D eigenvalue weighted by Crippen LogP contribution is -2.50. The summed E-state index contributed by atoms with van der Waals surface area (Å²) in [5.74, 6) is 0.401. The molecule has 0 aromatic carbocycles. The van der Waals surface area contributed by atoms with E-state index in [1.54, 1.807) is 0 Å². The maximum Gasteiger partial charge on any atom is 0.223 e. The first-order valence-electron chi connectivity index (χ1n) is 6.37. The van der Waals surface area contributed by atoms with Crippen LogP contribution in [0.25, 0.3) is 0 Å². The van der Waals surface area contributed by atoms with Gasteiger partial charge in [0.2, 0.25) is 5.91 Å². The number of carbonyl (C=O) groups excluding carboxylic acids is 1. The van der Waals surface area contributed by atoms with Crippen LogP contribution in [0.1, 0.15) is 32.6 Å². The van der Waals surface area contributed by atoms with E-state index in [0.29, 0.717) is 12.1 Å². The number of rotatable bonds is 2. The highest BCUT2D eigenvalue weighted by atomic mass is 16.5. The SMILES string of the molecule is CC1CCC(NC(=O)C2CCOCC2)CN1. The molecule has 0 bridgehead atoms. The van der Waals surface area contributed by atoms with Gasteiger partial charge in [0, 0.05) is 37.8 Å². The molecule has 2 rings (SSSR count). The minimum atomic E-state index is 0.174. The molecule has 0 saturated carbocycles. The van der Waals surface area contributed by atoms with Crippen molar-refractivity contribution in [2.24, 2.45) is 5.92 Å². The Morgan fingerprint density at radius 3 is 2.62 bits per heavy atom. The van der Waals surface area contributed by atoms with E-state index in [-0.39, 0.29) is 11.8 Å². The molecule has 4 heteroatoms. The summed E-state index contributed by atoms with van der Waals surface area (Å²) in [5, 5.41) is 6.55. The van der Waals surface area contributed by atoms with E-state index < -0.39 is 0 Å². The van der Waals surface area contributed by atoms with Gasteiger partial charge in [-0.3, -0.25) is 4.79 Å². The summed E-state index contributed by atoms with van der Waals surface area (Å²) in [6, 6.07) is 0.919. The van der Waals surface area contributed by atoms with Gasteiger partial charge in [0.05, 0.1) is 0 Å². The average Bonchev–Trinajstić information content (AvgIpc) is 2.33. The standard InChI is InChI=1S/C12H22N2O2/c1-9-2-3-11(8-13-9)14-12(15)10-4-6-16-7-5-10/h9-11,13H,2-8H2,1H3,(H,14,15). The van der Waals surface area contributed by atoms with E-state index in [9.17, 15) is 4.79 Å². The highest BCUT2D eigenvalue weighted by Gasteiger charge is 2.25. The third-order valence-corrected chi connectivity index (χ3v) is 3.60. The second-order valence-corrected chi connectivity index (χ2v) is 4.98. The van der Waals surface area contributed by atoms with Gasteiger partial charge in [-0.2, -0.15) is 0 Å². The molecule has 2 aliphatic rings. The fraction of sp³-hybridized carbons (Fsp3) is 0.917. The summed E-state index contributed by atoms with van der Waals surface area (Å²) in [4.78, 5) is 12.0. The molecule has 92 valence electrons. The van der Waals surface area contributed by atoms with Crippen molar-refractivity contribution in [2.75, 3.05) is 19.8 Å². The quantitative estimate of drug-likeness (QED) is 0.727. The molecule has 0 aliphatic carbocycles. The van der Waals surface area contributed by atoms with Crippen molar-refractivity contribution in [3.63, 3.8) is 0 Å². The molecular formula is C12H22N2O2. The van der Waals surface area contributed by atoms with Gasteiger partial charge in [-0.05, 0) is 32.6 Å². The van der Waals surface area contributed by atoms with E-state index >= 15 is 0 Å². The number of ether oxygens (including phenoxy) is 1. The van der Waals surface area contributed by atoms with Crippen LogP contribution in [-0.4, -0.2) is 37.7 Å². The molecular weight excluding hydrogens is 204 g/mol. The van der Waals surface area contributed by atoms with Crippen LogP contribution >= 0.6 is 0 Å². The second kappa shape index (κ2) is 5.64. The van der Waals surface area contributed by atoms with Crippen LogP contribution in [0.3, 0.4) is 0 Å². The predicted molar refractivity (Wildman–Crippen MR) is 62.2 cm³/mol. The maximum atomic E-state index is 12.0. The van der Waals surface area contributed by atoms with Crippen molar-refractivity contribution in [3.8, 4) is 0 Å². The Morgan fingerprint density at radius 2 is 2.00 bits per heavy atom. The van der Waals surface area contributed by atoms with Gasteiger partial charge in [-0.1, -0.05) is 0 Å². The topological polar surface area (TPSA) is 50.4 Å². The highest BCUT2D eigenvalue weighted by molar-refractivity contribution is 5.79. The lowest BCUT2D eigenvalue weighted by Gasteiger charge is -2.30. The van der Waals surface area contributed by atoms with Gasteiger partial charge in [0.25, 0.3) is 0 Å². The molecule has 4 nitrogen and oxygen atoms in total. The van der Waals surface area contributed by atoms with Gasteiger partial charge in [-0.25, -0.2) is 0 Å². The summed E-state index contributed by atoms with van der Waals surface area (Å²) < 4.78 is 5.26. The molecule has 2 unspecified atom stereocenters. The number of carbonyl (C=O) groups is 1. The fourth-order valence-corrected chi connectivity index (χ4v) is 2.40. The first-order chi connectivity index (χ1) is 7.75. The largest absolute Gasteiger partial charge is 0.381 e. The minimum Gasteiger partial charge on any atom is -0.381 e. The molecule has 0 aromatic heterocycles. The Labute approximate surface area is 97.1 Å². The van der Waals surface area contributed by atoms with Crippen molar-refractivity contribution in [1.82, 2.24) is 10.6 Å². The number of hydrogen-bond donors (Lipinski definition) is 2. The second-order valence-electron chi connectivity index (χ2n) is 4.98. The van der Waals surface area contributed by atoms with Gasteiger partial charge >= 0.3 is 0 Å². The van der Waals surface area contributed by atoms with Crippen molar-refractivity contribution in [2.45, 2.75) is 44.7 Å². The summed E-state index contributed by atoms with van der Waals surface area (Å²) in [6.07, 6.45) is 4.01. The molecule has 2 heterocycles. The highest BCUT2D eigenvalue weighted by Crippen LogP contribution is 2.16. The number of nitrogens with one attached hydrogen (secondary N) is 2. The van der Waals surface area contributed by atoms with Crippen LogP contribution in [-0.2, 0) is 9.53 Å². The van der Waals surface area contributed by atoms with Crippen molar-refractivity contribution >= 4 is 5.91 Å². The number of piperidine rings is 1. The van der Waals surface area contributed by atoms with Crippen LogP contribution in [0, 0.1) is 5.92 Å². The van der Waals surface area contributed by atoms with Gasteiger partial charge in [0.15, 0.2) is 0 Å². The fourth-order valence-electron chi connectivity index (χ4n) is 2.40. The van der Waals surface area contributed by atoms with Crippen LogP contribution in [0.15, 0.2) is 0 Å². The zero-order valence-electron chi connectivity index (χ0n) is 10.00. The van der Waals surface area contributed by atoms with Gasteiger partial charge in [-0.15, -0.1) is 0 Å². The molecule has 2 atom stereocenters. The molecule has 2 aliphatic heterocycles. The zero-order chi connectivity index (χ0) is 11.4. The first-order valence-corrected chi connectivity index (χ1v) is 6.37. The smallest absolute Gasteiger partial charge is 0.223 e. The summed E-state index contributed by atoms with van der Waals surface area (Å²) in [7, 11) is 0. The third-order valence-electron chi connectivity index (χ3n) is 3.60. The normalized spacial score (nSPS) is 32.3. The Hall–Kier alpha value is -0.610. The number of hydrogen-bond acceptors (Lipinski definition) is 3. The van der Waals surface area contributed by atoms with Crippen LogP contribution in [0.5, 0.6) is 0 Å². The van der Waals surface area contributed by atoms with Crippen molar-refractivity contribution < 1.29 is 9.53 Å². The molecule has 2 N–H and O–H groups in total. The monoisotopic (exact) mass is 226 g/mol. The Balaban J connectivity index is 1.73. The van der Waals surface area contributed by atoms with Crippen LogP contribution in [0.2, 0.25) is 0 Å². The molecule has 0 aromatic rings. The lowest BCUT2D eigenvalue weighted by molar-refractivity contribution is -0.128. The van der Waals surface area contributed by atoms with E-state index in [4.69, 9.17) is 4.74 Å². The van der Waals surface area contributed by atoms with Gasteiger partial charge < -0.3 is 15.4 Å².